The van der Waals surface area contributed by atoms with Crippen LogP contribution in [0, 0.1) is 6.92 Å². The molecule has 2 rings (SSSR count). The van der Waals surface area contributed by atoms with E-state index in [0.717, 1.165) is 29.5 Å². The highest BCUT2D eigenvalue weighted by atomic mass is 35.5. The number of nitrogens with zero attached hydrogens (tertiary/aromatic N) is 1. The zero-order chi connectivity index (χ0) is 14.5. The summed E-state index contributed by atoms with van der Waals surface area (Å²) in [5.74, 6) is 1.57. The van der Waals surface area contributed by atoms with Crippen molar-refractivity contribution in [1.29, 1.82) is 0 Å². The van der Waals surface area contributed by atoms with Gasteiger partial charge in [0.15, 0.2) is 0 Å². The molecule has 0 radical (unpaired) electrons. The van der Waals surface area contributed by atoms with E-state index in [-0.39, 0.29) is 12.1 Å². The van der Waals surface area contributed by atoms with Crippen molar-refractivity contribution in [3.05, 3.63) is 52.7 Å². The number of nitrogens with one attached hydrogen (secondary N) is 1. The molecule has 1 heterocycles. The summed E-state index contributed by atoms with van der Waals surface area (Å²) in [4.78, 5) is 4.29. The van der Waals surface area contributed by atoms with Crippen molar-refractivity contribution in [3.8, 4) is 0 Å². The third kappa shape index (κ3) is 3.84. The van der Waals surface area contributed by atoms with Crippen LogP contribution >= 0.6 is 11.6 Å². The fourth-order valence-electron chi connectivity index (χ4n) is 2.28. The molecule has 0 fully saturated rings. The van der Waals surface area contributed by atoms with Crippen LogP contribution in [0.2, 0.25) is 5.02 Å². The highest BCUT2D eigenvalue weighted by Crippen LogP contribution is 2.24. The molecule has 1 N–H and O–H groups in total. The number of halogens is 1. The molecule has 2 unspecified atom stereocenters. The Morgan fingerprint density at radius 1 is 1.30 bits per heavy atom. The first-order valence-corrected chi connectivity index (χ1v) is 7.41. The summed E-state index contributed by atoms with van der Waals surface area (Å²) in [5, 5.41) is 4.35. The average molecular weight is 293 g/mol. The van der Waals surface area contributed by atoms with Gasteiger partial charge in [0.1, 0.15) is 5.76 Å². The maximum atomic E-state index is 5.95. The average Bonchev–Trinajstić information content (AvgIpc) is 2.86. The van der Waals surface area contributed by atoms with Crippen molar-refractivity contribution in [1.82, 2.24) is 10.3 Å². The van der Waals surface area contributed by atoms with E-state index in [1.807, 2.05) is 19.1 Å². The Kier molecular flexibility index (Phi) is 5.21. The molecule has 0 aliphatic rings. The van der Waals surface area contributed by atoms with E-state index < -0.39 is 0 Å². The van der Waals surface area contributed by atoms with E-state index in [4.69, 9.17) is 16.0 Å². The second-order valence-electron chi connectivity index (χ2n) is 5.09. The Morgan fingerprint density at radius 2 is 2.00 bits per heavy atom. The summed E-state index contributed by atoms with van der Waals surface area (Å²) in [6.07, 6.45) is 3.92. The number of aryl methyl sites for hydroxylation is 1. The smallest absolute Gasteiger partial charge is 0.211 e. The third-order valence-corrected chi connectivity index (χ3v) is 3.56. The standard InChI is InChI=1S/C16H21ClN2O/c1-4-5-15(13-6-8-14(17)9-7-13)19-12(3)16-18-10-11(2)20-16/h6-10,12,15,19H,4-5H2,1-3H3. The van der Waals surface area contributed by atoms with Gasteiger partial charge in [0, 0.05) is 11.1 Å². The van der Waals surface area contributed by atoms with Crippen molar-refractivity contribution in [2.45, 2.75) is 45.7 Å². The monoisotopic (exact) mass is 292 g/mol. The largest absolute Gasteiger partial charge is 0.444 e. The topological polar surface area (TPSA) is 38.1 Å². The van der Waals surface area contributed by atoms with Crippen molar-refractivity contribution >= 4 is 11.6 Å². The highest BCUT2D eigenvalue weighted by Gasteiger charge is 2.17. The van der Waals surface area contributed by atoms with Gasteiger partial charge in [-0.05, 0) is 38.0 Å². The maximum absolute atomic E-state index is 5.95. The number of oxazole rings is 1. The van der Waals surface area contributed by atoms with Crippen LogP contribution in [0.25, 0.3) is 0 Å². The van der Waals surface area contributed by atoms with Crippen LogP contribution in [0.4, 0.5) is 0 Å². The second-order valence-corrected chi connectivity index (χ2v) is 5.53. The lowest BCUT2D eigenvalue weighted by Crippen LogP contribution is -2.24. The van der Waals surface area contributed by atoms with Gasteiger partial charge in [-0.2, -0.15) is 0 Å². The molecule has 0 spiro atoms. The molecular formula is C16H21ClN2O. The molecule has 1 aromatic carbocycles. The number of aromatic nitrogens is 1. The molecule has 2 aromatic rings. The van der Waals surface area contributed by atoms with Crippen LogP contribution in [-0.4, -0.2) is 4.98 Å². The van der Waals surface area contributed by atoms with E-state index in [1.54, 1.807) is 6.20 Å². The van der Waals surface area contributed by atoms with E-state index in [2.05, 4.69) is 36.3 Å². The van der Waals surface area contributed by atoms with Crippen molar-refractivity contribution < 1.29 is 4.42 Å². The van der Waals surface area contributed by atoms with E-state index in [1.165, 1.54) is 5.56 Å². The van der Waals surface area contributed by atoms with Crippen LogP contribution < -0.4 is 5.32 Å². The molecule has 0 aliphatic carbocycles. The van der Waals surface area contributed by atoms with Gasteiger partial charge in [-0.1, -0.05) is 37.1 Å². The molecule has 0 bridgehead atoms. The molecule has 1 aromatic heterocycles. The van der Waals surface area contributed by atoms with Gasteiger partial charge in [-0.3, -0.25) is 5.32 Å². The summed E-state index contributed by atoms with van der Waals surface area (Å²) < 4.78 is 5.58. The van der Waals surface area contributed by atoms with Crippen LogP contribution in [0.15, 0.2) is 34.9 Å². The molecule has 3 nitrogen and oxygen atoms in total. The minimum atomic E-state index is 0.0796. The van der Waals surface area contributed by atoms with Gasteiger partial charge in [-0.25, -0.2) is 4.98 Å². The minimum Gasteiger partial charge on any atom is -0.444 e. The van der Waals surface area contributed by atoms with Crippen molar-refractivity contribution in [2.75, 3.05) is 0 Å². The summed E-state index contributed by atoms with van der Waals surface area (Å²) in [6, 6.07) is 8.37. The van der Waals surface area contributed by atoms with E-state index in [9.17, 15) is 0 Å². The first kappa shape index (κ1) is 15.1. The zero-order valence-corrected chi connectivity index (χ0v) is 12.9. The van der Waals surface area contributed by atoms with Gasteiger partial charge >= 0.3 is 0 Å². The molecule has 0 amide bonds. The van der Waals surface area contributed by atoms with Crippen LogP contribution in [0.1, 0.15) is 56.0 Å². The van der Waals surface area contributed by atoms with Gasteiger partial charge in [0.05, 0.1) is 12.2 Å². The first-order valence-electron chi connectivity index (χ1n) is 7.04. The Bertz CT molecular complexity index is 536. The van der Waals surface area contributed by atoms with Crippen LogP contribution in [0.5, 0.6) is 0 Å². The second kappa shape index (κ2) is 6.91. The molecule has 20 heavy (non-hydrogen) atoms. The Hall–Kier alpha value is -1.32. The molecule has 0 saturated heterocycles. The lowest BCUT2D eigenvalue weighted by molar-refractivity contribution is 0.362. The Morgan fingerprint density at radius 3 is 2.55 bits per heavy atom. The quantitative estimate of drug-likeness (QED) is 0.829. The fourth-order valence-corrected chi connectivity index (χ4v) is 2.40. The molecular weight excluding hydrogens is 272 g/mol. The summed E-state index contributed by atoms with van der Waals surface area (Å²) in [6.45, 7) is 6.17. The normalized spacial score (nSPS) is 14.2. The minimum absolute atomic E-state index is 0.0796. The lowest BCUT2D eigenvalue weighted by atomic mass is 10.0. The zero-order valence-electron chi connectivity index (χ0n) is 12.2. The van der Waals surface area contributed by atoms with Crippen molar-refractivity contribution in [2.24, 2.45) is 0 Å². The van der Waals surface area contributed by atoms with Gasteiger partial charge in [0.25, 0.3) is 0 Å². The first-order chi connectivity index (χ1) is 9.60. The highest BCUT2D eigenvalue weighted by molar-refractivity contribution is 6.30. The molecule has 108 valence electrons. The molecule has 2 atom stereocenters. The molecule has 0 aliphatic heterocycles. The van der Waals surface area contributed by atoms with Gasteiger partial charge < -0.3 is 4.42 Å². The number of hydrogen-bond acceptors (Lipinski definition) is 3. The number of rotatable bonds is 6. The van der Waals surface area contributed by atoms with Gasteiger partial charge in [-0.15, -0.1) is 0 Å². The fraction of sp³-hybridized carbons (Fsp3) is 0.438. The Balaban J connectivity index is 2.10. The summed E-state index contributed by atoms with van der Waals surface area (Å²) in [7, 11) is 0. The summed E-state index contributed by atoms with van der Waals surface area (Å²) >= 11 is 5.95. The predicted octanol–water partition coefficient (Wildman–Crippen LogP) is 4.83. The SMILES string of the molecule is CCCC(NC(C)c1ncc(C)o1)c1ccc(Cl)cc1. The van der Waals surface area contributed by atoms with E-state index >= 15 is 0 Å². The molecule has 4 heteroatoms. The van der Waals surface area contributed by atoms with Crippen molar-refractivity contribution in [3.63, 3.8) is 0 Å². The third-order valence-electron chi connectivity index (χ3n) is 3.31. The maximum Gasteiger partial charge on any atom is 0.211 e. The van der Waals surface area contributed by atoms with Gasteiger partial charge in [0.2, 0.25) is 5.89 Å². The number of hydrogen-bond donors (Lipinski definition) is 1. The number of benzene rings is 1. The lowest BCUT2D eigenvalue weighted by Gasteiger charge is -2.22. The van der Waals surface area contributed by atoms with E-state index in [0.29, 0.717) is 0 Å². The predicted molar refractivity (Wildman–Crippen MR) is 81.9 cm³/mol. The van der Waals surface area contributed by atoms with Crippen LogP contribution in [0.3, 0.4) is 0 Å². The van der Waals surface area contributed by atoms with Crippen LogP contribution in [-0.2, 0) is 0 Å². The Labute approximate surface area is 125 Å². The summed E-state index contributed by atoms with van der Waals surface area (Å²) in [5.41, 5.74) is 1.24. The molecule has 0 saturated carbocycles.